The molecule has 0 amide bonds. The second-order valence-electron chi connectivity index (χ2n) is 4.29. The molecule has 1 atom stereocenters. The van der Waals surface area contributed by atoms with Gasteiger partial charge in [-0.2, -0.15) is 4.31 Å². The number of piperazine rings is 1. The third-order valence-corrected chi connectivity index (χ3v) is 5.46. The summed E-state index contributed by atoms with van der Waals surface area (Å²) in [7, 11) is -3.48. The fourth-order valence-corrected chi connectivity index (χ4v) is 3.82. The molecule has 4 nitrogen and oxygen atoms in total. The van der Waals surface area contributed by atoms with Gasteiger partial charge in [-0.15, -0.1) is 12.4 Å². The number of rotatable bonds is 2. The number of hydrogen-bond acceptors (Lipinski definition) is 3. The van der Waals surface area contributed by atoms with Gasteiger partial charge in [0.1, 0.15) is 0 Å². The molecular formula is C11H15Cl3N2O2S. The third-order valence-electron chi connectivity index (χ3n) is 2.86. The van der Waals surface area contributed by atoms with Crippen LogP contribution in [0.25, 0.3) is 0 Å². The van der Waals surface area contributed by atoms with Crippen LogP contribution in [0.2, 0.25) is 10.0 Å². The van der Waals surface area contributed by atoms with Crippen molar-refractivity contribution in [1.29, 1.82) is 0 Å². The lowest BCUT2D eigenvalue weighted by molar-refractivity contribution is 0.310. The lowest BCUT2D eigenvalue weighted by Gasteiger charge is -2.31. The molecule has 1 aromatic carbocycles. The molecule has 0 aliphatic carbocycles. The van der Waals surface area contributed by atoms with Gasteiger partial charge in [0, 0.05) is 25.7 Å². The lowest BCUT2D eigenvalue weighted by Crippen LogP contribution is -2.51. The number of nitrogens with one attached hydrogen (secondary N) is 1. The first-order valence-electron chi connectivity index (χ1n) is 5.60. The molecule has 1 fully saturated rings. The molecule has 1 N–H and O–H groups in total. The summed E-state index contributed by atoms with van der Waals surface area (Å²) in [5, 5.41) is 3.80. The van der Waals surface area contributed by atoms with E-state index in [1.807, 2.05) is 6.92 Å². The zero-order valence-electron chi connectivity index (χ0n) is 10.3. The average Bonchev–Trinajstić information content (AvgIpc) is 2.32. The fraction of sp³-hybridized carbons (Fsp3) is 0.455. The highest BCUT2D eigenvalue weighted by Gasteiger charge is 2.28. The molecule has 19 heavy (non-hydrogen) atoms. The summed E-state index contributed by atoms with van der Waals surface area (Å²) in [6.45, 7) is 3.54. The van der Waals surface area contributed by atoms with E-state index in [1.165, 1.54) is 22.5 Å². The predicted octanol–water partition coefficient (Wildman–Crippen LogP) is 2.40. The van der Waals surface area contributed by atoms with E-state index in [-0.39, 0.29) is 28.4 Å². The molecule has 0 unspecified atom stereocenters. The quantitative estimate of drug-likeness (QED) is 0.895. The fourth-order valence-electron chi connectivity index (χ4n) is 1.90. The molecule has 1 heterocycles. The standard InChI is InChI=1S/C11H14Cl2N2O2S.ClH/c1-8-7-15(5-4-14-8)18(16,17)9-2-3-10(12)11(13)6-9;/h2-3,6,8,14H,4-5,7H2,1H3;1H/t8-;/m1./s1. The first-order chi connectivity index (χ1) is 8.41. The van der Waals surface area contributed by atoms with Crippen LogP contribution in [0.5, 0.6) is 0 Å². The molecule has 1 saturated heterocycles. The maximum Gasteiger partial charge on any atom is 0.243 e. The van der Waals surface area contributed by atoms with Gasteiger partial charge >= 0.3 is 0 Å². The van der Waals surface area contributed by atoms with Crippen molar-refractivity contribution < 1.29 is 8.42 Å². The van der Waals surface area contributed by atoms with Crippen LogP contribution in [0, 0.1) is 0 Å². The molecule has 0 radical (unpaired) electrons. The number of benzene rings is 1. The number of nitrogens with zero attached hydrogens (tertiary/aromatic N) is 1. The van der Waals surface area contributed by atoms with Gasteiger partial charge in [0.05, 0.1) is 14.9 Å². The molecule has 1 aliphatic rings. The third kappa shape index (κ3) is 3.74. The van der Waals surface area contributed by atoms with Crippen molar-refractivity contribution >= 4 is 45.6 Å². The molecule has 0 spiro atoms. The topological polar surface area (TPSA) is 49.4 Å². The molecular weight excluding hydrogens is 331 g/mol. The minimum atomic E-state index is -3.48. The summed E-state index contributed by atoms with van der Waals surface area (Å²) in [6.07, 6.45) is 0. The average molecular weight is 346 g/mol. The van der Waals surface area contributed by atoms with Gasteiger partial charge in [-0.25, -0.2) is 8.42 Å². The summed E-state index contributed by atoms with van der Waals surface area (Å²) in [5.41, 5.74) is 0. The summed E-state index contributed by atoms with van der Waals surface area (Å²) >= 11 is 11.6. The minimum Gasteiger partial charge on any atom is -0.312 e. The lowest BCUT2D eigenvalue weighted by atomic mass is 10.3. The van der Waals surface area contributed by atoms with E-state index in [1.54, 1.807) is 0 Å². The van der Waals surface area contributed by atoms with E-state index < -0.39 is 10.0 Å². The van der Waals surface area contributed by atoms with E-state index in [4.69, 9.17) is 23.2 Å². The van der Waals surface area contributed by atoms with Crippen molar-refractivity contribution in [3.8, 4) is 0 Å². The van der Waals surface area contributed by atoms with E-state index in [9.17, 15) is 8.42 Å². The highest BCUT2D eigenvalue weighted by molar-refractivity contribution is 7.89. The van der Waals surface area contributed by atoms with Crippen LogP contribution in [0.1, 0.15) is 6.92 Å². The van der Waals surface area contributed by atoms with Crippen molar-refractivity contribution in [3.63, 3.8) is 0 Å². The highest BCUT2D eigenvalue weighted by atomic mass is 35.5. The summed E-state index contributed by atoms with van der Waals surface area (Å²) in [6, 6.07) is 4.53. The van der Waals surface area contributed by atoms with Crippen molar-refractivity contribution in [1.82, 2.24) is 9.62 Å². The number of sulfonamides is 1. The van der Waals surface area contributed by atoms with Crippen LogP contribution in [-0.2, 0) is 10.0 Å². The van der Waals surface area contributed by atoms with Crippen molar-refractivity contribution in [3.05, 3.63) is 28.2 Å². The normalized spacial score (nSPS) is 20.9. The largest absolute Gasteiger partial charge is 0.312 e. The van der Waals surface area contributed by atoms with Crippen molar-refractivity contribution in [2.75, 3.05) is 19.6 Å². The Balaban J connectivity index is 0.00000180. The smallest absolute Gasteiger partial charge is 0.243 e. The molecule has 8 heteroatoms. The Hall–Kier alpha value is -0.0400. The zero-order chi connectivity index (χ0) is 13.3. The Morgan fingerprint density at radius 1 is 1.32 bits per heavy atom. The zero-order valence-corrected chi connectivity index (χ0v) is 13.4. The number of halogens is 3. The minimum absolute atomic E-state index is 0. The van der Waals surface area contributed by atoms with Gasteiger partial charge in [0.15, 0.2) is 0 Å². The Kier molecular flexibility index (Phi) is 5.92. The van der Waals surface area contributed by atoms with Gasteiger partial charge in [-0.1, -0.05) is 23.2 Å². The summed E-state index contributed by atoms with van der Waals surface area (Å²) in [5.74, 6) is 0. The molecule has 1 aromatic rings. The van der Waals surface area contributed by atoms with Crippen LogP contribution >= 0.6 is 35.6 Å². The summed E-state index contributed by atoms with van der Waals surface area (Å²) < 4.78 is 26.3. The van der Waals surface area contributed by atoms with Gasteiger partial charge in [-0.05, 0) is 25.1 Å². The van der Waals surface area contributed by atoms with Gasteiger partial charge in [-0.3, -0.25) is 0 Å². The molecule has 0 aromatic heterocycles. The highest BCUT2D eigenvalue weighted by Crippen LogP contribution is 2.26. The van der Waals surface area contributed by atoms with Crippen LogP contribution in [0.15, 0.2) is 23.1 Å². The van der Waals surface area contributed by atoms with Crippen LogP contribution in [0.4, 0.5) is 0 Å². The van der Waals surface area contributed by atoms with Crippen molar-refractivity contribution in [2.24, 2.45) is 0 Å². The van der Waals surface area contributed by atoms with Gasteiger partial charge < -0.3 is 5.32 Å². The Morgan fingerprint density at radius 3 is 2.58 bits per heavy atom. The Labute approximate surface area is 129 Å². The van der Waals surface area contributed by atoms with E-state index in [0.717, 1.165) is 0 Å². The first kappa shape index (κ1) is 17.0. The number of hydrogen-bond donors (Lipinski definition) is 1. The molecule has 1 aliphatic heterocycles. The van der Waals surface area contributed by atoms with E-state index in [2.05, 4.69) is 5.32 Å². The molecule has 2 rings (SSSR count). The molecule has 0 saturated carbocycles. The second-order valence-corrected chi connectivity index (χ2v) is 7.05. The summed E-state index contributed by atoms with van der Waals surface area (Å²) in [4.78, 5) is 0.186. The van der Waals surface area contributed by atoms with Crippen LogP contribution in [0.3, 0.4) is 0 Å². The second kappa shape index (κ2) is 6.61. The van der Waals surface area contributed by atoms with Crippen molar-refractivity contribution in [2.45, 2.75) is 17.9 Å². The Bertz CT molecular complexity index is 551. The van der Waals surface area contributed by atoms with Crippen LogP contribution in [-0.4, -0.2) is 38.4 Å². The predicted molar refractivity (Wildman–Crippen MR) is 79.9 cm³/mol. The monoisotopic (exact) mass is 344 g/mol. The maximum atomic E-state index is 12.4. The Morgan fingerprint density at radius 2 is 2.00 bits per heavy atom. The van der Waals surface area contributed by atoms with E-state index >= 15 is 0 Å². The molecule has 0 bridgehead atoms. The SMILES string of the molecule is C[C@@H]1CN(S(=O)(=O)c2ccc(Cl)c(Cl)c2)CCN1.Cl. The first-order valence-corrected chi connectivity index (χ1v) is 7.79. The van der Waals surface area contributed by atoms with Gasteiger partial charge in [0.25, 0.3) is 0 Å². The van der Waals surface area contributed by atoms with Crippen LogP contribution < -0.4 is 5.32 Å². The molecule has 108 valence electrons. The maximum absolute atomic E-state index is 12.4. The van der Waals surface area contributed by atoms with Gasteiger partial charge in [0.2, 0.25) is 10.0 Å². The van der Waals surface area contributed by atoms with E-state index in [0.29, 0.717) is 24.7 Å².